The number of para-hydroxylation sites is 1. The second-order valence-corrected chi connectivity index (χ2v) is 8.53. The number of hydrogen-bond donors (Lipinski definition) is 1. The highest BCUT2D eigenvalue weighted by atomic mass is 32.2. The van der Waals surface area contributed by atoms with Crippen LogP contribution >= 0.6 is 0 Å². The minimum atomic E-state index is -3.98. The lowest BCUT2D eigenvalue weighted by molar-refractivity contribution is 0.0785. The number of halogens is 1. The Morgan fingerprint density at radius 3 is 2.26 bits per heavy atom. The molecule has 3 aromatic carbocycles. The lowest BCUT2D eigenvalue weighted by Crippen LogP contribution is -2.26. The maximum absolute atomic E-state index is 13.7. The summed E-state index contributed by atoms with van der Waals surface area (Å²) in [5.41, 5.74) is 1.14. The van der Waals surface area contributed by atoms with Crippen LogP contribution in [0.3, 0.4) is 0 Å². The van der Waals surface area contributed by atoms with Gasteiger partial charge in [-0.1, -0.05) is 24.3 Å². The van der Waals surface area contributed by atoms with Gasteiger partial charge < -0.3 is 9.64 Å². The molecule has 8 heteroatoms. The molecule has 3 rings (SSSR count). The number of benzene rings is 3. The predicted octanol–water partition coefficient (Wildman–Crippen LogP) is 4.30. The number of anilines is 1. The van der Waals surface area contributed by atoms with Gasteiger partial charge in [-0.05, 0) is 61.0 Å². The predicted molar refractivity (Wildman–Crippen MR) is 117 cm³/mol. The summed E-state index contributed by atoms with van der Waals surface area (Å²) in [6.07, 6.45) is 0. The summed E-state index contributed by atoms with van der Waals surface area (Å²) in [5.74, 6) is -0.158. The number of hydrogen-bond acceptors (Lipinski definition) is 4. The fraction of sp³-hybridized carbons (Fsp3) is 0.174. The first-order valence-corrected chi connectivity index (χ1v) is 11.1. The second kappa shape index (κ2) is 9.61. The van der Waals surface area contributed by atoms with E-state index in [9.17, 15) is 17.6 Å². The molecular formula is C23H23FN2O4S. The summed E-state index contributed by atoms with van der Waals surface area (Å²) in [6, 6.07) is 18.5. The van der Waals surface area contributed by atoms with Crippen LogP contribution in [-0.4, -0.2) is 32.9 Å². The maximum Gasteiger partial charge on any atom is 0.261 e. The van der Waals surface area contributed by atoms with E-state index in [1.54, 1.807) is 7.05 Å². The largest absolute Gasteiger partial charge is 0.494 e. The number of ether oxygens (including phenoxy) is 1. The van der Waals surface area contributed by atoms with Crippen LogP contribution in [0.4, 0.5) is 10.1 Å². The molecule has 0 unspecified atom stereocenters. The molecule has 1 N–H and O–H groups in total. The van der Waals surface area contributed by atoms with Gasteiger partial charge >= 0.3 is 0 Å². The van der Waals surface area contributed by atoms with E-state index in [1.807, 2.05) is 31.2 Å². The molecule has 1 amide bonds. The van der Waals surface area contributed by atoms with Crippen LogP contribution < -0.4 is 9.46 Å². The van der Waals surface area contributed by atoms with Crippen molar-refractivity contribution in [3.8, 4) is 5.75 Å². The zero-order valence-corrected chi connectivity index (χ0v) is 18.0. The molecule has 0 bridgehead atoms. The Bertz CT molecular complexity index is 1150. The van der Waals surface area contributed by atoms with E-state index in [0.717, 1.165) is 11.3 Å². The van der Waals surface area contributed by atoms with E-state index in [2.05, 4.69) is 4.72 Å². The Hall–Kier alpha value is -3.39. The molecule has 0 saturated carbocycles. The molecule has 6 nitrogen and oxygen atoms in total. The first-order chi connectivity index (χ1) is 14.8. The zero-order chi connectivity index (χ0) is 22.4. The molecule has 0 heterocycles. The SMILES string of the molecule is CCOc1ccc(CN(C)C(=O)c2ccc(S(=O)(=O)Nc3ccccc3F)cc2)cc1. The van der Waals surface area contributed by atoms with Crippen LogP contribution in [0.15, 0.2) is 77.7 Å². The van der Waals surface area contributed by atoms with Gasteiger partial charge in [0.25, 0.3) is 15.9 Å². The molecule has 0 fully saturated rings. The monoisotopic (exact) mass is 442 g/mol. The molecule has 0 aromatic heterocycles. The topological polar surface area (TPSA) is 75.7 Å². The lowest BCUT2D eigenvalue weighted by atomic mass is 10.1. The summed E-state index contributed by atoms with van der Waals surface area (Å²) in [4.78, 5) is 14.2. The third kappa shape index (κ3) is 5.61. The van der Waals surface area contributed by atoms with Crippen molar-refractivity contribution in [2.75, 3.05) is 18.4 Å². The number of carbonyl (C=O) groups is 1. The van der Waals surface area contributed by atoms with E-state index in [4.69, 9.17) is 4.74 Å². The van der Waals surface area contributed by atoms with E-state index in [-0.39, 0.29) is 16.5 Å². The fourth-order valence-electron chi connectivity index (χ4n) is 2.95. The second-order valence-electron chi connectivity index (χ2n) is 6.85. The molecule has 0 atom stereocenters. The van der Waals surface area contributed by atoms with E-state index < -0.39 is 15.8 Å². The fourth-order valence-corrected chi connectivity index (χ4v) is 4.02. The molecule has 0 aliphatic heterocycles. The Labute approximate surface area is 181 Å². The van der Waals surface area contributed by atoms with Crippen molar-refractivity contribution < 1.29 is 22.3 Å². The van der Waals surface area contributed by atoms with Crippen molar-refractivity contribution in [2.24, 2.45) is 0 Å². The molecule has 162 valence electrons. The molecule has 0 aliphatic carbocycles. The van der Waals surface area contributed by atoms with Gasteiger partial charge in [0.05, 0.1) is 17.2 Å². The number of rotatable bonds is 8. The average Bonchev–Trinajstić information content (AvgIpc) is 2.76. The van der Waals surface area contributed by atoms with E-state index in [0.29, 0.717) is 18.7 Å². The Balaban J connectivity index is 1.68. The minimum absolute atomic E-state index is 0.0681. The summed E-state index contributed by atoms with van der Waals surface area (Å²) < 4.78 is 46.4. The molecule has 0 saturated heterocycles. The highest BCUT2D eigenvalue weighted by Gasteiger charge is 2.18. The first kappa shape index (κ1) is 22.3. The number of carbonyl (C=O) groups excluding carboxylic acids is 1. The smallest absolute Gasteiger partial charge is 0.261 e. The number of nitrogens with one attached hydrogen (secondary N) is 1. The van der Waals surface area contributed by atoms with Crippen molar-refractivity contribution in [1.29, 1.82) is 0 Å². The molecule has 0 radical (unpaired) electrons. The minimum Gasteiger partial charge on any atom is -0.494 e. The van der Waals surface area contributed by atoms with Gasteiger partial charge in [0, 0.05) is 19.2 Å². The quantitative estimate of drug-likeness (QED) is 0.565. The van der Waals surface area contributed by atoms with Gasteiger partial charge in [0.2, 0.25) is 0 Å². The van der Waals surface area contributed by atoms with E-state index in [1.165, 1.54) is 53.4 Å². The highest BCUT2D eigenvalue weighted by molar-refractivity contribution is 7.92. The van der Waals surface area contributed by atoms with Crippen LogP contribution in [0.5, 0.6) is 5.75 Å². The highest BCUT2D eigenvalue weighted by Crippen LogP contribution is 2.20. The maximum atomic E-state index is 13.7. The Kier molecular flexibility index (Phi) is 6.91. The van der Waals surface area contributed by atoms with E-state index >= 15 is 0 Å². The van der Waals surface area contributed by atoms with Gasteiger partial charge in [-0.25, -0.2) is 12.8 Å². The van der Waals surface area contributed by atoms with Crippen molar-refractivity contribution in [2.45, 2.75) is 18.4 Å². The van der Waals surface area contributed by atoms with Crippen LogP contribution in [0, 0.1) is 5.82 Å². The number of amides is 1. The van der Waals surface area contributed by atoms with Gasteiger partial charge in [0.1, 0.15) is 11.6 Å². The van der Waals surface area contributed by atoms with Gasteiger partial charge in [-0.15, -0.1) is 0 Å². The van der Waals surface area contributed by atoms with Gasteiger partial charge in [0.15, 0.2) is 0 Å². The molecule has 3 aromatic rings. The average molecular weight is 443 g/mol. The zero-order valence-electron chi connectivity index (χ0n) is 17.2. The molecule has 0 spiro atoms. The molecular weight excluding hydrogens is 419 g/mol. The first-order valence-electron chi connectivity index (χ1n) is 9.65. The lowest BCUT2D eigenvalue weighted by Gasteiger charge is -2.18. The summed E-state index contributed by atoms with van der Waals surface area (Å²) >= 11 is 0. The van der Waals surface area contributed by atoms with Crippen molar-refractivity contribution in [1.82, 2.24) is 4.90 Å². The third-order valence-electron chi connectivity index (χ3n) is 4.53. The summed E-state index contributed by atoms with van der Waals surface area (Å²) in [7, 11) is -2.31. The van der Waals surface area contributed by atoms with Crippen molar-refractivity contribution in [3.63, 3.8) is 0 Å². The summed E-state index contributed by atoms with van der Waals surface area (Å²) in [6.45, 7) is 2.88. The van der Waals surface area contributed by atoms with Crippen LogP contribution in [-0.2, 0) is 16.6 Å². The Morgan fingerprint density at radius 1 is 1.00 bits per heavy atom. The Morgan fingerprint density at radius 2 is 1.65 bits per heavy atom. The van der Waals surface area contributed by atoms with Crippen LogP contribution in [0.25, 0.3) is 0 Å². The number of sulfonamides is 1. The van der Waals surface area contributed by atoms with Crippen LogP contribution in [0.1, 0.15) is 22.8 Å². The standard InChI is InChI=1S/C23H23FN2O4S/c1-3-30-19-12-8-17(9-13-19)16-26(2)23(27)18-10-14-20(15-11-18)31(28,29)25-22-7-5-4-6-21(22)24/h4-15,25H,3,16H2,1-2H3. The van der Waals surface area contributed by atoms with Gasteiger partial charge in [-0.2, -0.15) is 0 Å². The van der Waals surface area contributed by atoms with Crippen LogP contribution in [0.2, 0.25) is 0 Å². The number of nitrogens with zero attached hydrogens (tertiary/aromatic N) is 1. The third-order valence-corrected chi connectivity index (χ3v) is 5.91. The summed E-state index contributed by atoms with van der Waals surface area (Å²) in [5, 5.41) is 0. The van der Waals surface area contributed by atoms with Crippen molar-refractivity contribution >= 4 is 21.6 Å². The molecule has 31 heavy (non-hydrogen) atoms. The normalized spacial score (nSPS) is 11.1. The molecule has 0 aliphatic rings. The van der Waals surface area contributed by atoms with Crippen molar-refractivity contribution in [3.05, 3.63) is 89.7 Å². The van der Waals surface area contributed by atoms with Gasteiger partial charge in [-0.3, -0.25) is 9.52 Å².